The lowest BCUT2D eigenvalue weighted by atomic mass is 9.97. The van der Waals surface area contributed by atoms with Crippen molar-refractivity contribution in [2.45, 2.75) is 26.2 Å². The van der Waals surface area contributed by atoms with Gasteiger partial charge in [-0.25, -0.2) is 0 Å². The number of hydrogen-bond donors (Lipinski definition) is 1. The Bertz CT molecular complexity index is 523. The second kappa shape index (κ2) is 4.04. The number of nitrogen functional groups attached to an aromatic ring is 1. The molecule has 2 N–H and O–H groups in total. The summed E-state index contributed by atoms with van der Waals surface area (Å²) in [6.45, 7) is 6.00. The molecule has 1 heterocycles. The van der Waals surface area contributed by atoms with E-state index in [9.17, 15) is 0 Å². The average molecular weight is 252 g/mol. The molecule has 0 bridgehead atoms. The number of benzene rings is 1. The predicted octanol–water partition coefficient (Wildman–Crippen LogP) is 3.27. The zero-order valence-corrected chi connectivity index (χ0v) is 10.7. The van der Waals surface area contributed by atoms with Gasteiger partial charge in [-0.15, -0.1) is 10.2 Å². The first-order valence-corrected chi connectivity index (χ1v) is 5.66. The molecular formula is C12H14ClN3O. The highest BCUT2D eigenvalue weighted by Crippen LogP contribution is 2.33. The monoisotopic (exact) mass is 251 g/mol. The van der Waals surface area contributed by atoms with Crippen molar-refractivity contribution < 1.29 is 4.42 Å². The Morgan fingerprint density at radius 1 is 1.24 bits per heavy atom. The Labute approximate surface area is 105 Å². The maximum absolute atomic E-state index is 6.08. The summed E-state index contributed by atoms with van der Waals surface area (Å²) in [6.07, 6.45) is 0. The van der Waals surface area contributed by atoms with Crippen molar-refractivity contribution in [1.29, 1.82) is 0 Å². The van der Waals surface area contributed by atoms with Crippen molar-refractivity contribution in [2.75, 3.05) is 5.73 Å². The number of hydrogen-bond acceptors (Lipinski definition) is 4. The van der Waals surface area contributed by atoms with Gasteiger partial charge >= 0.3 is 0 Å². The van der Waals surface area contributed by atoms with Gasteiger partial charge in [-0.05, 0) is 12.1 Å². The van der Waals surface area contributed by atoms with Gasteiger partial charge < -0.3 is 10.2 Å². The summed E-state index contributed by atoms with van der Waals surface area (Å²) >= 11 is 6.08. The summed E-state index contributed by atoms with van der Waals surface area (Å²) in [5, 5.41) is 8.52. The quantitative estimate of drug-likeness (QED) is 0.790. The summed E-state index contributed by atoms with van der Waals surface area (Å²) in [5.41, 5.74) is 6.79. The largest absolute Gasteiger partial charge is 0.420 e. The van der Waals surface area contributed by atoms with E-state index < -0.39 is 0 Å². The van der Waals surface area contributed by atoms with Crippen LogP contribution in [0.5, 0.6) is 0 Å². The van der Waals surface area contributed by atoms with Gasteiger partial charge in [0, 0.05) is 11.1 Å². The lowest BCUT2D eigenvalue weighted by molar-refractivity contribution is 0.399. The molecule has 0 aliphatic carbocycles. The molecule has 2 rings (SSSR count). The molecule has 0 spiro atoms. The highest BCUT2D eigenvalue weighted by molar-refractivity contribution is 6.33. The molecule has 1 aromatic heterocycles. The first kappa shape index (κ1) is 11.9. The van der Waals surface area contributed by atoms with Gasteiger partial charge in [0.1, 0.15) is 0 Å². The van der Waals surface area contributed by atoms with Crippen molar-refractivity contribution in [3.8, 4) is 11.5 Å². The Kier molecular flexibility index (Phi) is 2.83. The minimum absolute atomic E-state index is 0.193. The van der Waals surface area contributed by atoms with Crippen LogP contribution in [0.4, 0.5) is 5.69 Å². The van der Waals surface area contributed by atoms with Gasteiger partial charge in [0.15, 0.2) is 0 Å². The molecule has 2 aromatic rings. The van der Waals surface area contributed by atoms with Crippen molar-refractivity contribution >= 4 is 17.3 Å². The molecule has 17 heavy (non-hydrogen) atoms. The number of anilines is 1. The minimum atomic E-state index is -0.193. The standard InChI is InChI=1S/C12H14ClN3O/c1-12(2,3)11-16-15-10(17-11)9-7(13)5-4-6-8(9)14/h4-6H,14H2,1-3H3. The highest BCUT2D eigenvalue weighted by Gasteiger charge is 2.23. The number of nitrogens with two attached hydrogens (primary N) is 1. The maximum atomic E-state index is 6.08. The fourth-order valence-electron chi connectivity index (χ4n) is 1.39. The molecule has 0 saturated heterocycles. The van der Waals surface area contributed by atoms with Crippen LogP contribution in [-0.2, 0) is 5.41 Å². The minimum Gasteiger partial charge on any atom is -0.420 e. The third kappa shape index (κ3) is 2.26. The summed E-state index contributed by atoms with van der Waals surface area (Å²) in [5.74, 6) is 0.921. The van der Waals surface area contributed by atoms with Crippen molar-refractivity contribution in [1.82, 2.24) is 10.2 Å². The molecule has 0 unspecified atom stereocenters. The summed E-state index contributed by atoms with van der Waals surface area (Å²) in [6, 6.07) is 5.28. The molecule has 1 aromatic carbocycles. The van der Waals surface area contributed by atoms with E-state index in [1.165, 1.54) is 0 Å². The number of rotatable bonds is 1. The van der Waals surface area contributed by atoms with Gasteiger partial charge in [-0.3, -0.25) is 0 Å². The molecule has 0 aliphatic heterocycles. The number of halogens is 1. The maximum Gasteiger partial charge on any atom is 0.251 e. The Hall–Kier alpha value is -1.55. The fraction of sp³-hybridized carbons (Fsp3) is 0.333. The first-order chi connectivity index (χ1) is 7.89. The summed E-state index contributed by atoms with van der Waals surface area (Å²) in [4.78, 5) is 0. The van der Waals surface area contributed by atoms with E-state index >= 15 is 0 Å². The summed E-state index contributed by atoms with van der Waals surface area (Å²) in [7, 11) is 0. The molecule has 0 aliphatic rings. The molecule has 0 atom stereocenters. The van der Waals surface area contributed by atoms with E-state index in [0.29, 0.717) is 28.1 Å². The van der Waals surface area contributed by atoms with Crippen LogP contribution in [0, 0.1) is 0 Å². The third-order valence-corrected chi connectivity index (χ3v) is 2.64. The van der Waals surface area contributed by atoms with E-state index in [2.05, 4.69) is 10.2 Å². The van der Waals surface area contributed by atoms with Crippen LogP contribution in [0.2, 0.25) is 5.02 Å². The number of nitrogens with zero attached hydrogens (tertiary/aromatic N) is 2. The van der Waals surface area contributed by atoms with E-state index in [1.807, 2.05) is 20.8 Å². The zero-order valence-electron chi connectivity index (χ0n) is 9.99. The molecule has 4 nitrogen and oxygen atoms in total. The number of aromatic nitrogens is 2. The van der Waals surface area contributed by atoms with Crippen molar-refractivity contribution in [2.24, 2.45) is 0 Å². The van der Waals surface area contributed by atoms with E-state index in [-0.39, 0.29) is 5.41 Å². The molecule has 0 saturated carbocycles. The second-order valence-corrected chi connectivity index (χ2v) is 5.27. The lowest BCUT2D eigenvalue weighted by Gasteiger charge is -2.11. The van der Waals surface area contributed by atoms with Gasteiger partial charge in [0.25, 0.3) is 5.89 Å². The molecule has 5 heteroatoms. The fourth-order valence-corrected chi connectivity index (χ4v) is 1.66. The lowest BCUT2D eigenvalue weighted by Crippen LogP contribution is -2.11. The SMILES string of the molecule is CC(C)(C)c1nnc(-c2c(N)cccc2Cl)o1. The Balaban J connectivity index is 2.51. The summed E-state index contributed by atoms with van der Waals surface area (Å²) < 4.78 is 5.61. The van der Waals surface area contributed by atoms with Gasteiger partial charge in [-0.1, -0.05) is 38.4 Å². The highest BCUT2D eigenvalue weighted by atomic mass is 35.5. The van der Waals surface area contributed by atoms with Crippen LogP contribution in [0.1, 0.15) is 26.7 Å². The van der Waals surface area contributed by atoms with Gasteiger partial charge in [0.05, 0.1) is 10.6 Å². The first-order valence-electron chi connectivity index (χ1n) is 5.28. The van der Waals surface area contributed by atoms with Crippen molar-refractivity contribution in [3.05, 3.63) is 29.1 Å². The van der Waals surface area contributed by atoms with Gasteiger partial charge in [-0.2, -0.15) is 0 Å². The van der Waals surface area contributed by atoms with Crippen LogP contribution in [0.25, 0.3) is 11.5 Å². The normalized spacial score (nSPS) is 11.8. The molecule has 0 fully saturated rings. The Morgan fingerprint density at radius 3 is 2.47 bits per heavy atom. The van der Waals surface area contributed by atoms with Crippen LogP contribution in [0.3, 0.4) is 0 Å². The van der Waals surface area contributed by atoms with Crippen LogP contribution < -0.4 is 5.73 Å². The Morgan fingerprint density at radius 2 is 1.94 bits per heavy atom. The van der Waals surface area contributed by atoms with E-state index in [4.69, 9.17) is 21.8 Å². The molecule has 0 radical (unpaired) electrons. The van der Waals surface area contributed by atoms with E-state index in [0.717, 1.165) is 0 Å². The van der Waals surface area contributed by atoms with Crippen LogP contribution in [-0.4, -0.2) is 10.2 Å². The van der Waals surface area contributed by atoms with E-state index in [1.54, 1.807) is 18.2 Å². The third-order valence-electron chi connectivity index (χ3n) is 2.33. The zero-order chi connectivity index (χ0) is 12.6. The van der Waals surface area contributed by atoms with Crippen LogP contribution in [0.15, 0.2) is 22.6 Å². The smallest absolute Gasteiger partial charge is 0.251 e. The predicted molar refractivity (Wildman–Crippen MR) is 67.9 cm³/mol. The van der Waals surface area contributed by atoms with Gasteiger partial charge in [0.2, 0.25) is 5.89 Å². The topological polar surface area (TPSA) is 64.9 Å². The second-order valence-electron chi connectivity index (χ2n) is 4.87. The van der Waals surface area contributed by atoms with Crippen LogP contribution >= 0.6 is 11.6 Å². The van der Waals surface area contributed by atoms with Crippen molar-refractivity contribution in [3.63, 3.8) is 0 Å². The average Bonchev–Trinajstić information content (AvgIpc) is 2.65. The molecule has 0 amide bonds. The molecular weight excluding hydrogens is 238 g/mol. The molecule has 90 valence electrons.